The number of nitrogens with zero attached hydrogens (tertiary/aromatic N) is 4. The molecule has 2 atom stereocenters. The summed E-state index contributed by atoms with van der Waals surface area (Å²) in [7, 11) is 2.11. The molecule has 0 spiro atoms. The van der Waals surface area contributed by atoms with Gasteiger partial charge in [0.15, 0.2) is 0 Å². The maximum absolute atomic E-state index is 12.5. The van der Waals surface area contributed by atoms with Crippen LogP contribution in [0.15, 0.2) is 18.3 Å². The normalized spacial score (nSPS) is 23.7. The highest BCUT2D eigenvalue weighted by Gasteiger charge is 2.33. The fourth-order valence-corrected chi connectivity index (χ4v) is 3.72. The standard InChI is InChI=1S/C19H30N4O3/c1-3-21(2)11-16-12-23(13-17(16)14-24)18-5-4-15(10-20-18)19(25)22-6-8-26-9-7-22/h4-5,10,16-17,24H,3,6-9,11-14H2,1-2H3/t16-,17-/m1/s1. The maximum atomic E-state index is 12.5. The van der Waals surface area contributed by atoms with Gasteiger partial charge >= 0.3 is 0 Å². The second kappa shape index (κ2) is 8.79. The van der Waals surface area contributed by atoms with Crippen LogP contribution in [0, 0.1) is 11.8 Å². The first kappa shape index (κ1) is 19.1. The number of pyridine rings is 1. The van der Waals surface area contributed by atoms with Gasteiger partial charge < -0.3 is 24.5 Å². The van der Waals surface area contributed by atoms with Gasteiger partial charge in [0.2, 0.25) is 0 Å². The van der Waals surface area contributed by atoms with Crippen LogP contribution in [0.25, 0.3) is 0 Å². The Morgan fingerprint density at radius 2 is 2.04 bits per heavy atom. The Morgan fingerprint density at radius 3 is 2.65 bits per heavy atom. The molecule has 7 heteroatoms. The van der Waals surface area contributed by atoms with Gasteiger partial charge in [-0.1, -0.05) is 6.92 Å². The second-order valence-electron chi connectivity index (χ2n) is 7.27. The van der Waals surface area contributed by atoms with Gasteiger partial charge in [0.05, 0.1) is 18.8 Å². The highest BCUT2D eigenvalue weighted by Crippen LogP contribution is 2.27. The SMILES string of the molecule is CCN(C)C[C@@H]1CN(c2ccc(C(=O)N3CCOCC3)cn2)C[C@@H]1CO. The lowest BCUT2D eigenvalue weighted by Crippen LogP contribution is -2.40. The molecule has 2 aliphatic heterocycles. The Balaban J connectivity index is 1.63. The van der Waals surface area contributed by atoms with E-state index >= 15 is 0 Å². The number of amides is 1. The number of anilines is 1. The molecule has 2 saturated heterocycles. The lowest BCUT2D eigenvalue weighted by molar-refractivity contribution is 0.0302. The summed E-state index contributed by atoms with van der Waals surface area (Å²) in [5, 5.41) is 9.72. The topological polar surface area (TPSA) is 69.1 Å². The largest absolute Gasteiger partial charge is 0.396 e. The van der Waals surface area contributed by atoms with Gasteiger partial charge in [0.25, 0.3) is 5.91 Å². The lowest BCUT2D eigenvalue weighted by atomic mass is 9.96. The molecule has 1 N–H and O–H groups in total. The fraction of sp³-hybridized carbons (Fsp3) is 0.684. The third-order valence-electron chi connectivity index (χ3n) is 5.51. The average Bonchev–Trinajstić information content (AvgIpc) is 3.10. The van der Waals surface area contributed by atoms with E-state index in [4.69, 9.17) is 4.74 Å². The molecule has 0 radical (unpaired) electrons. The number of carbonyl (C=O) groups excluding carboxylic acids is 1. The van der Waals surface area contributed by atoms with Crippen molar-refractivity contribution in [3.63, 3.8) is 0 Å². The summed E-state index contributed by atoms with van der Waals surface area (Å²) >= 11 is 0. The lowest BCUT2D eigenvalue weighted by Gasteiger charge is -2.27. The molecule has 0 unspecified atom stereocenters. The van der Waals surface area contributed by atoms with Crippen LogP contribution < -0.4 is 4.90 Å². The van der Waals surface area contributed by atoms with E-state index in [9.17, 15) is 9.90 Å². The van der Waals surface area contributed by atoms with E-state index in [2.05, 4.69) is 28.8 Å². The Hall–Kier alpha value is -1.70. The van der Waals surface area contributed by atoms with Crippen LogP contribution >= 0.6 is 0 Å². The van der Waals surface area contributed by atoms with Crippen LogP contribution in [-0.2, 0) is 4.74 Å². The second-order valence-corrected chi connectivity index (χ2v) is 7.27. The Kier molecular flexibility index (Phi) is 6.45. The van der Waals surface area contributed by atoms with Crippen LogP contribution in [0.3, 0.4) is 0 Å². The van der Waals surface area contributed by atoms with Crippen molar-refractivity contribution in [2.75, 3.05) is 71.0 Å². The van der Waals surface area contributed by atoms with E-state index in [0.717, 1.165) is 32.0 Å². The van der Waals surface area contributed by atoms with Crippen LogP contribution in [0.1, 0.15) is 17.3 Å². The highest BCUT2D eigenvalue weighted by atomic mass is 16.5. The van der Waals surface area contributed by atoms with Crippen LogP contribution in [-0.4, -0.2) is 91.9 Å². The average molecular weight is 362 g/mol. The van der Waals surface area contributed by atoms with E-state index in [-0.39, 0.29) is 18.4 Å². The molecular weight excluding hydrogens is 332 g/mol. The third kappa shape index (κ3) is 4.34. The molecule has 3 rings (SSSR count). The highest BCUT2D eigenvalue weighted by molar-refractivity contribution is 5.94. The molecule has 1 aromatic rings. The Labute approximate surface area is 155 Å². The van der Waals surface area contributed by atoms with Gasteiger partial charge in [-0.2, -0.15) is 0 Å². The van der Waals surface area contributed by atoms with E-state index in [1.807, 2.05) is 17.0 Å². The van der Waals surface area contributed by atoms with Crippen molar-refractivity contribution in [3.05, 3.63) is 23.9 Å². The van der Waals surface area contributed by atoms with E-state index in [0.29, 0.717) is 37.8 Å². The third-order valence-corrected chi connectivity index (χ3v) is 5.51. The summed E-state index contributed by atoms with van der Waals surface area (Å²) in [4.78, 5) is 23.4. The minimum Gasteiger partial charge on any atom is -0.396 e. The number of aliphatic hydroxyl groups excluding tert-OH is 1. The fourth-order valence-electron chi connectivity index (χ4n) is 3.72. The predicted octanol–water partition coefficient (Wildman–Crippen LogP) is 0.550. The minimum atomic E-state index is 0.0180. The first-order valence-corrected chi connectivity index (χ1v) is 9.49. The predicted molar refractivity (Wildman–Crippen MR) is 100 cm³/mol. The molecule has 0 aromatic carbocycles. The summed E-state index contributed by atoms with van der Waals surface area (Å²) in [6, 6.07) is 3.79. The van der Waals surface area contributed by atoms with Gasteiger partial charge in [-0.05, 0) is 31.6 Å². The molecule has 0 bridgehead atoms. The minimum absolute atomic E-state index is 0.0180. The number of hydrogen-bond acceptors (Lipinski definition) is 6. The van der Waals surface area contributed by atoms with Gasteiger partial charge in [0.1, 0.15) is 5.82 Å². The zero-order valence-corrected chi connectivity index (χ0v) is 15.8. The van der Waals surface area contributed by atoms with Crippen molar-refractivity contribution >= 4 is 11.7 Å². The molecule has 2 aliphatic rings. The monoisotopic (exact) mass is 362 g/mol. The molecule has 1 aromatic heterocycles. The Morgan fingerprint density at radius 1 is 1.31 bits per heavy atom. The van der Waals surface area contributed by atoms with Gasteiger partial charge in [-0.3, -0.25) is 4.79 Å². The van der Waals surface area contributed by atoms with Crippen molar-refractivity contribution in [1.82, 2.24) is 14.8 Å². The molecule has 0 saturated carbocycles. The van der Waals surface area contributed by atoms with E-state index in [1.54, 1.807) is 6.20 Å². The van der Waals surface area contributed by atoms with Crippen molar-refractivity contribution in [1.29, 1.82) is 0 Å². The van der Waals surface area contributed by atoms with Crippen molar-refractivity contribution in [2.24, 2.45) is 11.8 Å². The van der Waals surface area contributed by atoms with Crippen LogP contribution in [0.4, 0.5) is 5.82 Å². The van der Waals surface area contributed by atoms with Gasteiger partial charge in [0, 0.05) is 51.4 Å². The summed E-state index contributed by atoms with van der Waals surface area (Å²) < 4.78 is 5.30. The molecule has 144 valence electrons. The van der Waals surface area contributed by atoms with Crippen LogP contribution in [0.2, 0.25) is 0 Å². The molecule has 7 nitrogen and oxygen atoms in total. The van der Waals surface area contributed by atoms with E-state index in [1.165, 1.54) is 0 Å². The summed E-state index contributed by atoms with van der Waals surface area (Å²) in [5.74, 6) is 1.59. The maximum Gasteiger partial charge on any atom is 0.255 e. The Bertz CT molecular complexity index is 589. The first-order valence-electron chi connectivity index (χ1n) is 9.49. The first-order chi connectivity index (χ1) is 12.6. The molecule has 26 heavy (non-hydrogen) atoms. The van der Waals surface area contributed by atoms with Gasteiger partial charge in [-0.25, -0.2) is 4.98 Å². The quantitative estimate of drug-likeness (QED) is 0.797. The summed E-state index contributed by atoms with van der Waals surface area (Å²) in [6.45, 7) is 8.50. The van der Waals surface area contributed by atoms with Crippen molar-refractivity contribution in [2.45, 2.75) is 6.92 Å². The summed E-state index contributed by atoms with van der Waals surface area (Å²) in [6.07, 6.45) is 1.67. The molecule has 3 heterocycles. The number of rotatable bonds is 6. The molecule has 2 fully saturated rings. The number of aromatic nitrogens is 1. The summed E-state index contributed by atoms with van der Waals surface area (Å²) in [5.41, 5.74) is 0.621. The molecule has 0 aliphatic carbocycles. The molecule has 1 amide bonds. The van der Waals surface area contributed by atoms with Crippen molar-refractivity contribution in [3.8, 4) is 0 Å². The smallest absolute Gasteiger partial charge is 0.255 e. The molecular formula is C19H30N4O3. The van der Waals surface area contributed by atoms with E-state index < -0.39 is 0 Å². The zero-order valence-electron chi connectivity index (χ0n) is 15.8. The van der Waals surface area contributed by atoms with Crippen molar-refractivity contribution < 1.29 is 14.6 Å². The zero-order chi connectivity index (χ0) is 18.5. The van der Waals surface area contributed by atoms with Crippen LogP contribution in [0.5, 0.6) is 0 Å². The number of hydrogen-bond donors (Lipinski definition) is 1. The number of carbonyl (C=O) groups is 1. The number of aliphatic hydroxyl groups is 1. The number of ether oxygens (including phenoxy) is 1. The number of morpholine rings is 1. The van der Waals surface area contributed by atoms with Gasteiger partial charge in [-0.15, -0.1) is 0 Å².